The van der Waals surface area contributed by atoms with Crippen LogP contribution in [-0.2, 0) is 10.0 Å². The van der Waals surface area contributed by atoms with Crippen LogP contribution in [0.5, 0.6) is 0 Å². The number of hydrogen-bond donors (Lipinski definition) is 2. The topological polar surface area (TPSA) is 109 Å². The molecule has 0 unspecified atom stereocenters. The van der Waals surface area contributed by atoms with Crippen LogP contribution in [0.2, 0.25) is 0 Å². The van der Waals surface area contributed by atoms with Crippen LogP contribution in [0, 0.1) is 0 Å². The van der Waals surface area contributed by atoms with Crippen LogP contribution in [0.25, 0.3) is 0 Å². The molecule has 1 saturated heterocycles. The molecule has 2 rings (SSSR count). The molecule has 2 heterocycles. The smallest absolute Gasteiger partial charge is 0.246 e. The first-order valence-corrected chi connectivity index (χ1v) is 6.70. The predicted molar refractivity (Wildman–Crippen MR) is 60.4 cm³/mol. The summed E-state index contributed by atoms with van der Waals surface area (Å²) in [7, 11) is -3.56. The summed E-state index contributed by atoms with van der Waals surface area (Å²) < 4.78 is 25.6. The Hall–Kier alpha value is -1.25. The molecule has 3 N–H and O–H groups in total. The largest absolute Gasteiger partial charge is 0.393 e. The summed E-state index contributed by atoms with van der Waals surface area (Å²) in [5, 5.41) is 9.34. The van der Waals surface area contributed by atoms with Gasteiger partial charge in [-0.1, -0.05) is 0 Å². The first-order valence-electron chi connectivity index (χ1n) is 5.26. The number of anilines is 1. The van der Waals surface area contributed by atoms with Gasteiger partial charge in [-0.05, 0) is 12.8 Å². The molecular weight excluding hydrogens is 244 g/mol. The summed E-state index contributed by atoms with van der Waals surface area (Å²) in [6.07, 6.45) is 2.89. The van der Waals surface area contributed by atoms with Crippen molar-refractivity contribution < 1.29 is 13.5 Å². The van der Waals surface area contributed by atoms with Gasteiger partial charge >= 0.3 is 0 Å². The molecule has 0 saturated carbocycles. The highest BCUT2D eigenvalue weighted by Gasteiger charge is 2.29. The standard InChI is InChI=1S/C9H14N4O3S/c10-9-11-5-8(6-12-9)17(15,16)13-3-1-7(14)2-4-13/h5-7,14H,1-4H2,(H2,10,11,12). The molecule has 17 heavy (non-hydrogen) atoms. The third kappa shape index (κ3) is 2.54. The van der Waals surface area contributed by atoms with Gasteiger partial charge in [-0.3, -0.25) is 0 Å². The third-order valence-corrected chi connectivity index (χ3v) is 4.56. The van der Waals surface area contributed by atoms with E-state index in [4.69, 9.17) is 5.73 Å². The molecule has 0 aromatic carbocycles. The predicted octanol–water partition coefficient (Wildman–Crippen LogP) is -0.796. The lowest BCUT2D eigenvalue weighted by atomic mass is 10.1. The van der Waals surface area contributed by atoms with Gasteiger partial charge in [0, 0.05) is 13.1 Å². The van der Waals surface area contributed by atoms with Crippen molar-refractivity contribution in [3.8, 4) is 0 Å². The van der Waals surface area contributed by atoms with Crippen molar-refractivity contribution in [2.75, 3.05) is 18.8 Å². The molecule has 1 aromatic heterocycles. The number of piperidine rings is 1. The molecule has 8 heteroatoms. The van der Waals surface area contributed by atoms with Crippen molar-refractivity contribution in [2.45, 2.75) is 23.8 Å². The van der Waals surface area contributed by atoms with E-state index in [1.807, 2.05) is 0 Å². The van der Waals surface area contributed by atoms with E-state index in [0.717, 1.165) is 0 Å². The highest BCUT2D eigenvalue weighted by Crippen LogP contribution is 2.19. The minimum absolute atomic E-state index is 0.0306. The highest BCUT2D eigenvalue weighted by atomic mass is 32.2. The maximum atomic E-state index is 12.1. The zero-order valence-corrected chi connectivity index (χ0v) is 9.97. The van der Waals surface area contributed by atoms with E-state index in [1.54, 1.807) is 0 Å². The van der Waals surface area contributed by atoms with Gasteiger partial charge in [-0.25, -0.2) is 18.4 Å². The van der Waals surface area contributed by atoms with E-state index < -0.39 is 16.1 Å². The fraction of sp³-hybridized carbons (Fsp3) is 0.556. The monoisotopic (exact) mass is 258 g/mol. The molecule has 1 aromatic rings. The molecule has 1 aliphatic rings. The second kappa shape index (κ2) is 4.55. The number of aromatic nitrogens is 2. The fourth-order valence-electron chi connectivity index (χ4n) is 1.69. The lowest BCUT2D eigenvalue weighted by molar-refractivity contribution is 0.113. The number of hydrogen-bond acceptors (Lipinski definition) is 6. The fourth-order valence-corrected chi connectivity index (χ4v) is 3.05. The molecular formula is C9H14N4O3S. The molecule has 0 spiro atoms. The van der Waals surface area contributed by atoms with E-state index in [-0.39, 0.29) is 10.8 Å². The summed E-state index contributed by atoms with van der Waals surface area (Å²) in [5.41, 5.74) is 5.30. The summed E-state index contributed by atoms with van der Waals surface area (Å²) in [6, 6.07) is 0. The molecule has 94 valence electrons. The Balaban J connectivity index is 2.21. The van der Waals surface area contributed by atoms with Crippen LogP contribution >= 0.6 is 0 Å². The molecule has 0 amide bonds. The van der Waals surface area contributed by atoms with Crippen molar-refractivity contribution >= 4 is 16.0 Å². The van der Waals surface area contributed by atoms with E-state index in [9.17, 15) is 13.5 Å². The molecule has 0 atom stereocenters. The summed E-state index contributed by atoms with van der Waals surface area (Å²) in [6.45, 7) is 0.627. The van der Waals surface area contributed by atoms with Crippen molar-refractivity contribution in [3.05, 3.63) is 12.4 Å². The number of sulfonamides is 1. The van der Waals surface area contributed by atoms with Gasteiger partial charge in [0.25, 0.3) is 0 Å². The zero-order chi connectivity index (χ0) is 12.5. The number of aliphatic hydroxyl groups is 1. The Kier molecular flexibility index (Phi) is 3.27. The molecule has 0 bridgehead atoms. The van der Waals surface area contributed by atoms with E-state index in [1.165, 1.54) is 16.7 Å². The Morgan fingerprint density at radius 1 is 1.29 bits per heavy atom. The Morgan fingerprint density at radius 3 is 2.35 bits per heavy atom. The van der Waals surface area contributed by atoms with Crippen LogP contribution < -0.4 is 5.73 Å². The summed E-state index contributed by atoms with van der Waals surface area (Å²) in [5.74, 6) is 0.0398. The second-order valence-electron chi connectivity index (χ2n) is 3.91. The number of nitrogen functional groups attached to an aromatic ring is 1. The molecule has 7 nitrogen and oxygen atoms in total. The zero-order valence-electron chi connectivity index (χ0n) is 9.15. The van der Waals surface area contributed by atoms with Crippen molar-refractivity contribution in [1.82, 2.24) is 14.3 Å². The van der Waals surface area contributed by atoms with E-state index in [2.05, 4.69) is 9.97 Å². The average molecular weight is 258 g/mol. The lowest BCUT2D eigenvalue weighted by Crippen LogP contribution is -2.40. The van der Waals surface area contributed by atoms with Crippen molar-refractivity contribution in [3.63, 3.8) is 0 Å². The second-order valence-corrected chi connectivity index (χ2v) is 5.85. The maximum absolute atomic E-state index is 12.1. The number of aliphatic hydroxyl groups excluding tert-OH is 1. The van der Waals surface area contributed by atoms with Crippen molar-refractivity contribution in [2.24, 2.45) is 0 Å². The van der Waals surface area contributed by atoms with Crippen LogP contribution in [0.1, 0.15) is 12.8 Å². The van der Waals surface area contributed by atoms with Crippen LogP contribution in [0.3, 0.4) is 0 Å². The molecule has 0 radical (unpaired) electrons. The highest BCUT2D eigenvalue weighted by molar-refractivity contribution is 7.89. The molecule has 0 aliphatic carbocycles. The van der Waals surface area contributed by atoms with Gasteiger partial charge in [-0.2, -0.15) is 4.31 Å². The van der Waals surface area contributed by atoms with E-state index >= 15 is 0 Å². The summed E-state index contributed by atoms with van der Waals surface area (Å²) in [4.78, 5) is 7.36. The number of rotatable bonds is 2. The number of nitrogens with two attached hydrogens (primary N) is 1. The third-order valence-electron chi connectivity index (χ3n) is 2.71. The minimum Gasteiger partial charge on any atom is -0.393 e. The lowest BCUT2D eigenvalue weighted by Gasteiger charge is -2.28. The summed E-state index contributed by atoms with van der Waals surface area (Å²) >= 11 is 0. The van der Waals surface area contributed by atoms with E-state index in [0.29, 0.717) is 25.9 Å². The van der Waals surface area contributed by atoms with Gasteiger partial charge in [0.2, 0.25) is 16.0 Å². The molecule has 1 fully saturated rings. The van der Waals surface area contributed by atoms with Gasteiger partial charge in [0.1, 0.15) is 4.90 Å². The van der Waals surface area contributed by atoms with Crippen molar-refractivity contribution in [1.29, 1.82) is 0 Å². The first-order chi connectivity index (χ1) is 8.00. The quantitative estimate of drug-likeness (QED) is 0.719. The van der Waals surface area contributed by atoms with Crippen LogP contribution in [0.4, 0.5) is 5.95 Å². The van der Waals surface area contributed by atoms with Gasteiger partial charge in [0.15, 0.2) is 0 Å². The maximum Gasteiger partial charge on any atom is 0.246 e. The van der Waals surface area contributed by atoms with Gasteiger partial charge in [0.05, 0.1) is 18.5 Å². The normalized spacial score (nSPS) is 19.4. The Labute approximate surface area is 99.3 Å². The Morgan fingerprint density at radius 2 is 1.82 bits per heavy atom. The van der Waals surface area contributed by atoms with Gasteiger partial charge < -0.3 is 10.8 Å². The Bertz CT molecular complexity index is 479. The average Bonchev–Trinajstić information content (AvgIpc) is 2.30. The van der Waals surface area contributed by atoms with Crippen LogP contribution in [-0.4, -0.2) is 47.0 Å². The molecule has 1 aliphatic heterocycles. The SMILES string of the molecule is Nc1ncc(S(=O)(=O)N2CCC(O)CC2)cn1. The van der Waals surface area contributed by atoms with Crippen LogP contribution in [0.15, 0.2) is 17.3 Å². The number of nitrogens with zero attached hydrogens (tertiary/aromatic N) is 3. The minimum atomic E-state index is -3.56. The van der Waals surface area contributed by atoms with Gasteiger partial charge in [-0.15, -0.1) is 0 Å². The first kappa shape index (κ1) is 12.2.